The van der Waals surface area contributed by atoms with Gasteiger partial charge in [0.1, 0.15) is 13.2 Å². The highest BCUT2D eigenvalue weighted by Gasteiger charge is 2.46. The smallest absolute Gasteiger partial charge is 0.254 e. The highest BCUT2D eigenvalue weighted by Crippen LogP contribution is 2.44. The molecule has 2 aromatic carbocycles. The van der Waals surface area contributed by atoms with Gasteiger partial charge in [-0.25, -0.2) is 0 Å². The van der Waals surface area contributed by atoms with E-state index in [1.165, 1.54) is 0 Å². The average molecular weight is 325 g/mol. The van der Waals surface area contributed by atoms with Gasteiger partial charge in [0.05, 0.1) is 5.56 Å². The Hall–Kier alpha value is -2.53. The monoisotopic (exact) mass is 325 g/mol. The number of hydrogen-bond acceptors (Lipinski definition) is 4. The van der Waals surface area contributed by atoms with Gasteiger partial charge in [0.25, 0.3) is 5.91 Å². The van der Waals surface area contributed by atoms with Crippen LogP contribution in [0.4, 0.5) is 0 Å². The van der Waals surface area contributed by atoms with Gasteiger partial charge < -0.3 is 19.5 Å². The number of rotatable bonds is 3. The largest absolute Gasteiger partial charge is 0.486 e. The maximum absolute atomic E-state index is 12.6. The van der Waals surface area contributed by atoms with Crippen molar-refractivity contribution in [3.05, 3.63) is 58.7 Å². The molecule has 4 rings (SSSR count). The third kappa shape index (κ3) is 2.16. The molecule has 0 fully saturated rings. The Morgan fingerprint density at radius 1 is 1.12 bits per heavy atom. The topological polar surface area (TPSA) is 56.8 Å². The third-order valence-corrected chi connectivity index (χ3v) is 4.41. The lowest BCUT2D eigenvalue weighted by Crippen LogP contribution is -2.43. The minimum Gasteiger partial charge on any atom is -0.486 e. The highest BCUT2D eigenvalue weighted by molar-refractivity contribution is 6.01. The first-order valence-electron chi connectivity index (χ1n) is 8.12. The van der Waals surface area contributed by atoms with Gasteiger partial charge in [-0.2, -0.15) is 0 Å². The van der Waals surface area contributed by atoms with Crippen LogP contribution in [0.5, 0.6) is 11.5 Å². The lowest BCUT2D eigenvalue weighted by molar-refractivity contribution is -0.0258. The number of ether oxygens (including phenoxy) is 3. The van der Waals surface area contributed by atoms with Crippen LogP contribution in [0.3, 0.4) is 0 Å². The number of hydrogen-bond donors (Lipinski definition) is 1. The average Bonchev–Trinajstić information content (AvgIpc) is 2.87. The Morgan fingerprint density at radius 3 is 2.46 bits per heavy atom. The van der Waals surface area contributed by atoms with Gasteiger partial charge in [-0.05, 0) is 26.0 Å². The van der Waals surface area contributed by atoms with Crippen molar-refractivity contribution in [2.75, 3.05) is 19.8 Å². The predicted octanol–water partition coefficient (Wildman–Crippen LogP) is 2.75. The molecular weight excluding hydrogens is 306 g/mol. The van der Waals surface area contributed by atoms with Crippen LogP contribution in [0.1, 0.15) is 34.0 Å². The predicted molar refractivity (Wildman–Crippen MR) is 88.5 cm³/mol. The van der Waals surface area contributed by atoms with Crippen molar-refractivity contribution in [1.82, 2.24) is 5.32 Å². The summed E-state index contributed by atoms with van der Waals surface area (Å²) >= 11 is 0. The molecule has 0 radical (unpaired) electrons. The Kier molecular flexibility index (Phi) is 3.46. The molecule has 124 valence electrons. The molecule has 1 N–H and O–H groups in total. The zero-order chi connectivity index (χ0) is 16.7. The van der Waals surface area contributed by atoms with Crippen LogP contribution in [0, 0.1) is 6.92 Å². The van der Waals surface area contributed by atoms with Gasteiger partial charge in [-0.3, -0.25) is 4.79 Å². The molecule has 0 saturated carbocycles. The Balaban J connectivity index is 1.91. The zero-order valence-corrected chi connectivity index (χ0v) is 13.7. The summed E-state index contributed by atoms with van der Waals surface area (Å²) in [6, 6.07) is 11.6. The molecule has 0 spiro atoms. The fourth-order valence-electron chi connectivity index (χ4n) is 3.29. The molecule has 0 bridgehead atoms. The molecule has 2 aromatic rings. The van der Waals surface area contributed by atoms with E-state index >= 15 is 0 Å². The normalized spacial score (nSPS) is 21.3. The van der Waals surface area contributed by atoms with E-state index in [9.17, 15) is 4.79 Å². The molecule has 2 aliphatic rings. The SMILES string of the molecule is CCOC1(c2ccc(C)cc2)NC(=O)c2cc3c(cc21)OCCO3. The number of aryl methyl sites for hydroxylation is 1. The molecule has 2 aliphatic heterocycles. The van der Waals surface area contributed by atoms with E-state index in [2.05, 4.69) is 5.32 Å². The standard InChI is InChI=1S/C19H19NO4/c1-3-24-19(13-6-4-12(2)5-7-13)15-11-17-16(22-8-9-23-17)10-14(15)18(21)20-19/h4-7,10-11H,3,8-9H2,1-2H3,(H,20,21). The molecule has 0 aliphatic carbocycles. The second-order valence-electron chi connectivity index (χ2n) is 5.98. The van der Waals surface area contributed by atoms with E-state index in [1.54, 1.807) is 6.07 Å². The van der Waals surface area contributed by atoms with E-state index in [0.29, 0.717) is 36.9 Å². The van der Waals surface area contributed by atoms with E-state index in [-0.39, 0.29) is 5.91 Å². The molecule has 0 aromatic heterocycles. The van der Waals surface area contributed by atoms with Crippen LogP contribution >= 0.6 is 0 Å². The minimum atomic E-state index is -0.995. The Labute approximate surface area is 140 Å². The van der Waals surface area contributed by atoms with Crippen molar-refractivity contribution < 1.29 is 19.0 Å². The van der Waals surface area contributed by atoms with Crippen LogP contribution in [0.2, 0.25) is 0 Å². The maximum Gasteiger partial charge on any atom is 0.254 e. The second kappa shape index (κ2) is 5.53. The summed E-state index contributed by atoms with van der Waals surface area (Å²) in [7, 11) is 0. The third-order valence-electron chi connectivity index (χ3n) is 4.41. The Morgan fingerprint density at radius 2 is 1.79 bits per heavy atom. The summed E-state index contributed by atoms with van der Waals surface area (Å²) in [4.78, 5) is 12.6. The van der Waals surface area contributed by atoms with Crippen LogP contribution in [0.15, 0.2) is 36.4 Å². The molecule has 1 atom stereocenters. The summed E-state index contributed by atoms with van der Waals surface area (Å²) in [5, 5.41) is 3.02. The fraction of sp³-hybridized carbons (Fsp3) is 0.316. The van der Waals surface area contributed by atoms with E-state index in [4.69, 9.17) is 14.2 Å². The molecule has 5 heteroatoms. The molecule has 5 nitrogen and oxygen atoms in total. The first-order chi connectivity index (χ1) is 11.6. The van der Waals surface area contributed by atoms with Gasteiger partial charge in [-0.15, -0.1) is 0 Å². The van der Waals surface area contributed by atoms with Crippen LogP contribution in [0.25, 0.3) is 0 Å². The van der Waals surface area contributed by atoms with Crippen LogP contribution < -0.4 is 14.8 Å². The summed E-state index contributed by atoms with van der Waals surface area (Å²) in [5.74, 6) is 1.08. The van der Waals surface area contributed by atoms with Gasteiger partial charge in [0.15, 0.2) is 17.2 Å². The number of benzene rings is 2. The van der Waals surface area contributed by atoms with Crippen LogP contribution in [-0.4, -0.2) is 25.7 Å². The Bertz CT molecular complexity index is 800. The number of amides is 1. The first kappa shape index (κ1) is 15.0. The summed E-state index contributed by atoms with van der Waals surface area (Å²) in [6.45, 7) is 5.39. The molecule has 1 unspecified atom stereocenters. The summed E-state index contributed by atoms with van der Waals surface area (Å²) in [5.41, 5.74) is 2.37. The first-order valence-corrected chi connectivity index (χ1v) is 8.12. The van der Waals surface area contributed by atoms with E-state index in [1.807, 2.05) is 44.2 Å². The van der Waals surface area contributed by atoms with E-state index in [0.717, 1.165) is 16.7 Å². The van der Waals surface area contributed by atoms with Gasteiger partial charge in [0, 0.05) is 17.7 Å². The van der Waals surface area contributed by atoms with Gasteiger partial charge >= 0.3 is 0 Å². The van der Waals surface area contributed by atoms with Crippen LogP contribution in [-0.2, 0) is 10.5 Å². The van der Waals surface area contributed by atoms with Crippen molar-refractivity contribution in [2.45, 2.75) is 19.6 Å². The van der Waals surface area contributed by atoms with Crippen molar-refractivity contribution in [2.24, 2.45) is 0 Å². The lowest BCUT2D eigenvalue weighted by Gasteiger charge is -2.31. The fourth-order valence-corrected chi connectivity index (χ4v) is 3.29. The number of nitrogens with one attached hydrogen (secondary N) is 1. The maximum atomic E-state index is 12.6. The van der Waals surface area contributed by atoms with E-state index < -0.39 is 5.72 Å². The molecule has 0 saturated heterocycles. The van der Waals surface area contributed by atoms with Crippen molar-refractivity contribution in [3.8, 4) is 11.5 Å². The summed E-state index contributed by atoms with van der Waals surface area (Å²) in [6.07, 6.45) is 0. The quantitative estimate of drug-likeness (QED) is 0.943. The molecule has 2 heterocycles. The molecule has 1 amide bonds. The zero-order valence-electron chi connectivity index (χ0n) is 13.7. The second-order valence-corrected chi connectivity index (χ2v) is 5.98. The minimum absolute atomic E-state index is 0.170. The van der Waals surface area contributed by atoms with Crippen molar-refractivity contribution in [1.29, 1.82) is 0 Å². The number of carbonyl (C=O) groups is 1. The van der Waals surface area contributed by atoms with Crippen molar-refractivity contribution >= 4 is 5.91 Å². The lowest BCUT2D eigenvalue weighted by atomic mass is 9.93. The number of fused-ring (bicyclic) bond motifs is 2. The van der Waals surface area contributed by atoms with Gasteiger partial charge in [-0.1, -0.05) is 29.8 Å². The summed E-state index contributed by atoms with van der Waals surface area (Å²) < 4.78 is 17.4. The van der Waals surface area contributed by atoms with Crippen molar-refractivity contribution in [3.63, 3.8) is 0 Å². The molecular formula is C19H19NO4. The highest BCUT2D eigenvalue weighted by atomic mass is 16.6. The number of carbonyl (C=O) groups excluding carboxylic acids is 1. The van der Waals surface area contributed by atoms with Gasteiger partial charge in [0.2, 0.25) is 0 Å². The molecule has 24 heavy (non-hydrogen) atoms.